The van der Waals surface area contributed by atoms with Gasteiger partial charge in [0.15, 0.2) is 0 Å². The second kappa shape index (κ2) is 9.59. The quantitative estimate of drug-likeness (QED) is 0.616. The summed E-state index contributed by atoms with van der Waals surface area (Å²) >= 11 is 0. The van der Waals surface area contributed by atoms with Crippen LogP contribution in [-0.2, 0) is 4.79 Å². The van der Waals surface area contributed by atoms with Crippen LogP contribution in [-0.4, -0.2) is 24.5 Å². The third kappa shape index (κ3) is 5.43. The SMILES string of the molecule is CCCC(C=O)(CCC)COc1cccc(C(O)CCN)c1. The number of hydrogen-bond donors (Lipinski definition) is 2. The predicted octanol–water partition coefficient (Wildman–Crippen LogP) is 3.23. The molecule has 0 aromatic heterocycles. The fraction of sp³-hybridized carbons (Fsp3) is 0.611. The highest BCUT2D eigenvalue weighted by Crippen LogP contribution is 2.29. The lowest BCUT2D eigenvalue weighted by atomic mass is 9.81. The van der Waals surface area contributed by atoms with E-state index in [2.05, 4.69) is 13.8 Å². The fourth-order valence-electron chi connectivity index (χ4n) is 2.78. The van der Waals surface area contributed by atoms with Gasteiger partial charge in [0.05, 0.1) is 11.5 Å². The van der Waals surface area contributed by atoms with Crippen molar-refractivity contribution in [2.75, 3.05) is 13.2 Å². The van der Waals surface area contributed by atoms with Crippen LogP contribution in [0.25, 0.3) is 0 Å². The molecular weight excluding hydrogens is 278 g/mol. The van der Waals surface area contributed by atoms with Crippen molar-refractivity contribution in [3.8, 4) is 5.75 Å². The molecule has 0 aliphatic heterocycles. The third-order valence-corrected chi connectivity index (χ3v) is 3.96. The molecular formula is C18H29NO3. The smallest absolute Gasteiger partial charge is 0.129 e. The van der Waals surface area contributed by atoms with Crippen molar-refractivity contribution in [3.05, 3.63) is 29.8 Å². The van der Waals surface area contributed by atoms with Gasteiger partial charge in [-0.05, 0) is 43.5 Å². The molecule has 1 aromatic rings. The normalized spacial score (nSPS) is 12.9. The molecule has 0 saturated heterocycles. The Morgan fingerprint density at radius 1 is 1.32 bits per heavy atom. The first-order valence-electron chi connectivity index (χ1n) is 8.18. The van der Waals surface area contributed by atoms with Crippen LogP contribution >= 0.6 is 0 Å². The van der Waals surface area contributed by atoms with Gasteiger partial charge in [-0.15, -0.1) is 0 Å². The molecule has 0 bridgehead atoms. The highest BCUT2D eigenvalue weighted by Gasteiger charge is 2.29. The molecule has 0 fully saturated rings. The third-order valence-electron chi connectivity index (χ3n) is 3.96. The van der Waals surface area contributed by atoms with Gasteiger partial charge in [-0.25, -0.2) is 0 Å². The summed E-state index contributed by atoms with van der Waals surface area (Å²) in [6.07, 6.45) is 4.57. The minimum absolute atomic E-state index is 0.384. The molecule has 0 spiro atoms. The molecule has 4 heteroatoms. The van der Waals surface area contributed by atoms with Crippen LogP contribution in [0, 0.1) is 5.41 Å². The van der Waals surface area contributed by atoms with Crippen molar-refractivity contribution in [3.63, 3.8) is 0 Å². The van der Waals surface area contributed by atoms with E-state index in [0.717, 1.165) is 37.5 Å². The Morgan fingerprint density at radius 2 is 2.00 bits per heavy atom. The van der Waals surface area contributed by atoms with Gasteiger partial charge in [-0.1, -0.05) is 38.8 Å². The van der Waals surface area contributed by atoms with E-state index < -0.39 is 11.5 Å². The highest BCUT2D eigenvalue weighted by molar-refractivity contribution is 5.59. The maximum atomic E-state index is 11.6. The van der Waals surface area contributed by atoms with E-state index >= 15 is 0 Å². The summed E-state index contributed by atoms with van der Waals surface area (Å²) in [6.45, 7) is 4.98. The summed E-state index contributed by atoms with van der Waals surface area (Å²) in [5.41, 5.74) is 5.86. The van der Waals surface area contributed by atoms with Gasteiger partial charge in [0.1, 0.15) is 18.6 Å². The van der Waals surface area contributed by atoms with E-state index in [9.17, 15) is 9.90 Å². The molecule has 3 N–H and O–H groups in total. The number of nitrogens with two attached hydrogens (primary N) is 1. The van der Waals surface area contributed by atoms with Crippen molar-refractivity contribution in [1.82, 2.24) is 0 Å². The minimum atomic E-state index is -0.573. The molecule has 0 amide bonds. The van der Waals surface area contributed by atoms with Crippen molar-refractivity contribution >= 4 is 6.29 Å². The second-order valence-electron chi connectivity index (χ2n) is 5.93. The summed E-state index contributed by atoms with van der Waals surface area (Å²) in [4.78, 5) is 11.6. The Bertz CT molecular complexity index is 442. The van der Waals surface area contributed by atoms with Gasteiger partial charge < -0.3 is 20.4 Å². The first-order valence-corrected chi connectivity index (χ1v) is 8.18. The average molecular weight is 307 g/mol. The fourth-order valence-corrected chi connectivity index (χ4v) is 2.78. The maximum Gasteiger partial charge on any atom is 0.129 e. The molecule has 0 aliphatic carbocycles. The number of aliphatic hydroxyl groups excluding tert-OH is 1. The molecule has 22 heavy (non-hydrogen) atoms. The Kier molecular flexibility index (Phi) is 8.13. The van der Waals surface area contributed by atoms with Crippen molar-refractivity contribution in [1.29, 1.82) is 0 Å². The van der Waals surface area contributed by atoms with Crippen LogP contribution in [0.5, 0.6) is 5.75 Å². The lowest BCUT2D eigenvalue weighted by Crippen LogP contribution is -2.30. The van der Waals surface area contributed by atoms with Crippen molar-refractivity contribution < 1.29 is 14.6 Å². The summed E-state index contributed by atoms with van der Waals surface area (Å²) in [5.74, 6) is 0.687. The number of carbonyl (C=O) groups is 1. The number of carbonyl (C=O) groups excluding carboxylic acids is 1. The van der Waals surface area contributed by atoms with Gasteiger partial charge in [-0.2, -0.15) is 0 Å². The zero-order valence-electron chi connectivity index (χ0n) is 13.8. The van der Waals surface area contributed by atoms with Gasteiger partial charge in [-0.3, -0.25) is 0 Å². The largest absolute Gasteiger partial charge is 0.493 e. The number of benzene rings is 1. The number of rotatable bonds is 11. The molecule has 0 radical (unpaired) electrons. The summed E-state index contributed by atoms with van der Waals surface area (Å²) < 4.78 is 5.86. The van der Waals surface area contributed by atoms with Crippen LogP contribution in [0.2, 0.25) is 0 Å². The number of ether oxygens (including phenoxy) is 1. The Morgan fingerprint density at radius 3 is 2.55 bits per heavy atom. The molecule has 0 heterocycles. The standard InChI is InChI=1S/C18H29NO3/c1-3-9-18(13-20,10-4-2)14-22-16-7-5-6-15(12-16)17(21)8-11-19/h5-7,12-13,17,21H,3-4,8-11,14,19H2,1-2H3. The van der Waals surface area contributed by atoms with E-state index in [-0.39, 0.29) is 0 Å². The summed E-state index contributed by atoms with van der Waals surface area (Å²) in [5, 5.41) is 10.00. The van der Waals surface area contributed by atoms with Crippen molar-refractivity contribution in [2.45, 2.75) is 52.1 Å². The van der Waals surface area contributed by atoms with Crippen LogP contribution in [0.1, 0.15) is 57.6 Å². The zero-order chi connectivity index (χ0) is 16.4. The summed E-state index contributed by atoms with van der Waals surface area (Å²) in [7, 11) is 0. The van der Waals surface area contributed by atoms with Crippen LogP contribution < -0.4 is 10.5 Å². The van der Waals surface area contributed by atoms with Crippen LogP contribution in [0.15, 0.2) is 24.3 Å². The lowest BCUT2D eigenvalue weighted by Gasteiger charge is -2.27. The Balaban J connectivity index is 2.76. The molecule has 1 rings (SSSR count). The first kappa shape index (κ1) is 18.7. The van der Waals surface area contributed by atoms with E-state index in [0.29, 0.717) is 25.3 Å². The minimum Gasteiger partial charge on any atom is -0.493 e. The summed E-state index contributed by atoms with van der Waals surface area (Å²) in [6, 6.07) is 7.39. The van der Waals surface area contributed by atoms with E-state index in [1.54, 1.807) is 0 Å². The number of aldehydes is 1. The highest BCUT2D eigenvalue weighted by atomic mass is 16.5. The lowest BCUT2D eigenvalue weighted by molar-refractivity contribution is -0.118. The number of hydrogen-bond acceptors (Lipinski definition) is 4. The monoisotopic (exact) mass is 307 g/mol. The first-order chi connectivity index (χ1) is 10.6. The number of aliphatic hydroxyl groups is 1. The Labute approximate surface area is 133 Å². The molecule has 0 aliphatic rings. The topological polar surface area (TPSA) is 72.5 Å². The molecule has 124 valence electrons. The van der Waals surface area contributed by atoms with Crippen molar-refractivity contribution in [2.24, 2.45) is 11.1 Å². The van der Waals surface area contributed by atoms with Gasteiger partial charge in [0, 0.05) is 0 Å². The predicted molar refractivity (Wildman–Crippen MR) is 88.9 cm³/mol. The molecule has 0 saturated carbocycles. The maximum absolute atomic E-state index is 11.6. The van der Waals surface area contributed by atoms with E-state index in [1.165, 1.54) is 0 Å². The average Bonchev–Trinajstić information content (AvgIpc) is 2.53. The van der Waals surface area contributed by atoms with Gasteiger partial charge in [0.25, 0.3) is 0 Å². The second-order valence-corrected chi connectivity index (χ2v) is 5.93. The molecule has 1 aromatic carbocycles. The molecule has 4 nitrogen and oxygen atoms in total. The van der Waals surface area contributed by atoms with Crippen LogP contribution in [0.4, 0.5) is 0 Å². The van der Waals surface area contributed by atoms with Gasteiger partial charge in [0.2, 0.25) is 0 Å². The van der Waals surface area contributed by atoms with Crippen LogP contribution in [0.3, 0.4) is 0 Å². The van der Waals surface area contributed by atoms with E-state index in [1.807, 2.05) is 24.3 Å². The van der Waals surface area contributed by atoms with Gasteiger partial charge >= 0.3 is 0 Å². The zero-order valence-corrected chi connectivity index (χ0v) is 13.8. The Hall–Kier alpha value is -1.39. The van der Waals surface area contributed by atoms with E-state index in [4.69, 9.17) is 10.5 Å². The molecule has 1 atom stereocenters. The molecule has 1 unspecified atom stereocenters.